The van der Waals surface area contributed by atoms with Gasteiger partial charge in [0.2, 0.25) is 15.9 Å². The SMILES string of the molecule is Cc1cc(NC(=O)CN(c2ccccc2Cl)S(C)(=O)=O)no1. The number of nitrogens with zero attached hydrogens (tertiary/aromatic N) is 2. The Morgan fingerprint density at radius 3 is 2.64 bits per heavy atom. The van der Waals surface area contributed by atoms with Gasteiger partial charge in [0.15, 0.2) is 5.82 Å². The Bertz CT molecular complexity index is 788. The highest BCUT2D eigenvalue weighted by molar-refractivity contribution is 7.92. The first-order valence-electron chi connectivity index (χ1n) is 6.23. The van der Waals surface area contributed by atoms with Gasteiger partial charge in [-0.2, -0.15) is 0 Å². The second-order valence-corrected chi connectivity index (χ2v) is 6.91. The maximum absolute atomic E-state index is 12.0. The van der Waals surface area contributed by atoms with Gasteiger partial charge in [-0.1, -0.05) is 28.9 Å². The minimum atomic E-state index is -3.68. The van der Waals surface area contributed by atoms with Gasteiger partial charge < -0.3 is 9.84 Å². The molecule has 0 spiro atoms. The third-order valence-corrected chi connectivity index (χ3v) is 4.15. The van der Waals surface area contributed by atoms with Crippen LogP contribution in [0.25, 0.3) is 0 Å². The van der Waals surface area contributed by atoms with E-state index < -0.39 is 22.5 Å². The summed E-state index contributed by atoms with van der Waals surface area (Å²) in [6.45, 7) is 1.25. The molecule has 0 aliphatic rings. The number of amides is 1. The van der Waals surface area contributed by atoms with Crippen molar-refractivity contribution in [3.8, 4) is 0 Å². The van der Waals surface area contributed by atoms with Crippen LogP contribution in [0.2, 0.25) is 5.02 Å². The molecule has 1 heterocycles. The van der Waals surface area contributed by atoms with E-state index in [1.165, 1.54) is 12.1 Å². The van der Waals surface area contributed by atoms with Crippen molar-refractivity contribution in [3.05, 3.63) is 41.1 Å². The fourth-order valence-electron chi connectivity index (χ4n) is 1.77. The lowest BCUT2D eigenvalue weighted by Crippen LogP contribution is -2.37. The van der Waals surface area contributed by atoms with Crippen LogP contribution in [0.1, 0.15) is 5.76 Å². The first-order chi connectivity index (χ1) is 10.3. The van der Waals surface area contributed by atoms with Crippen molar-refractivity contribution in [2.45, 2.75) is 6.92 Å². The minimum absolute atomic E-state index is 0.218. The number of halogens is 1. The summed E-state index contributed by atoms with van der Waals surface area (Å²) in [5.41, 5.74) is 0.234. The summed E-state index contributed by atoms with van der Waals surface area (Å²) < 4.78 is 29.6. The molecule has 2 aromatic rings. The maximum atomic E-state index is 12.0. The number of benzene rings is 1. The number of aryl methyl sites for hydroxylation is 1. The normalized spacial score (nSPS) is 11.2. The number of hydrogen-bond donors (Lipinski definition) is 1. The molecule has 0 saturated carbocycles. The van der Waals surface area contributed by atoms with Crippen molar-refractivity contribution in [2.24, 2.45) is 0 Å². The van der Waals surface area contributed by atoms with Gasteiger partial charge in [0.05, 0.1) is 17.0 Å². The van der Waals surface area contributed by atoms with Crippen molar-refractivity contribution >= 4 is 39.0 Å². The smallest absolute Gasteiger partial charge is 0.246 e. The topological polar surface area (TPSA) is 92.5 Å². The average Bonchev–Trinajstić information content (AvgIpc) is 2.81. The van der Waals surface area contributed by atoms with E-state index in [1.807, 2.05) is 0 Å². The molecular weight excluding hydrogens is 330 g/mol. The molecule has 0 bridgehead atoms. The van der Waals surface area contributed by atoms with Gasteiger partial charge in [-0.15, -0.1) is 0 Å². The van der Waals surface area contributed by atoms with Crippen LogP contribution < -0.4 is 9.62 Å². The molecule has 0 atom stereocenters. The summed E-state index contributed by atoms with van der Waals surface area (Å²) in [5, 5.41) is 6.31. The summed E-state index contributed by atoms with van der Waals surface area (Å²) in [6, 6.07) is 7.91. The molecule has 7 nitrogen and oxygen atoms in total. The van der Waals surface area contributed by atoms with Gasteiger partial charge in [0, 0.05) is 6.07 Å². The number of aromatic nitrogens is 1. The molecule has 0 aliphatic heterocycles. The Balaban J connectivity index is 2.21. The van der Waals surface area contributed by atoms with Gasteiger partial charge in [0.25, 0.3) is 0 Å². The number of rotatable bonds is 5. The van der Waals surface area contributed by atoms with Crippen LogP contribution in [0.5, 0.6) is 0 Å². The summed E-state index contributed by atoms with van der Waals surface area (Å²) in [5.74, 6) is 0.190. The van der Waals surface area contributed by atoms with Crippen LogP contribution in [-0.4, -0.2) is 32.3 Å². The third kappa shape index (κ3) is 3.99. The van der Waals surface area contributed by atoms with Gasteiger partial charge in [-0.25, -0.2) is 8.42 Å². The Morgan fingerprint density at radius 2 is 2.09 bits per heavy atom. The maximum Gasteiger partial charge on any atom is 0.246 e. The second kappa shape index (κ2) is 6.37. The fourth-order valence-corrected chi connectivity index (χ4v) is 2.93. The molecule has 118 valence electrons. The Labute approximate surface area is 132 Å². The van der Waals surface area contributed by atoms with E-state index in [4.69, 9.17) is 16.1 Å². The third-order valence-electron chi connectivity index (χ3n) is 2.70. The quantitative estimate of drug-likeness (QED) is 0.896. The molecule has 0 fully saturated rings. The molecule has 2 rings (SSSR count). The van der Waals surface area contributed by atoms with E-state index in [-0.39, 0.29) is 16.5 Å². The molecule has 0 aliphatic carbocycles. The fraction of sp³-hybridized carbons (Fsp3) is 0.231. The molecule has 22 heavy (non-hydrogen) atoms. The largest absolute Gasteiger partial charge is 0.360 e. The van der Waals surface area contributed by atoms with Crippen LogP contribution in [-0.2, 0) is 14.8 Å². The molecule has 1 N–H and O–H groups in total. The Kier molecular flexibility index (Phi) is 4.72. The lowest BCUT2D eigenvalue weighted by molar-refractivity contribution is -0.114. The summed E-state index contributed by atoms with van der Waals surface area (Å²) in [4.78, 5) is 12.0. The lowest BCUT2D eigenvalue weighted by Gasteiger charge is -2.22. The van der Waals surface area contributed by atoms with E-state index in [2.05, 4.69) is 10.5 Å². The minimum Gasteiger partial charge on any atom is -0.360 e. The summed E-state index contributed by atoms with van der Waals surface area (Å²) >= 11 is 6.01. The molecule has 0 saturated heterocycles. The predicted octanol–water partition coefficient (Wildman–Crippen LogP) is 2.04. The highest BCUT2D eigenvalue weighted by Crippen LogP contribution is 2.27. The molecule has 9 heteroatoms. The van der Waals surface area contributed by atoms with Crippen LogP contribution in [0, 0.1) is 6.92 Å². The molecular formula is C13H14ClN3O4S. The number of hydrogen-bond acceptors (Lipinski definition) is 5. The molecule has 1 aromatic carbocycles. The summed E-state index contributed by atoms with van der Waals surface area (Å²) in [6.07, 6.45) is 1.00. The first-order valence-corrected chi connectivity index (χ1v) is 8.45. The molecule has 1 aromatic heterocycles. The monoisotopic (exact) mass is 343 g/mol. The van der Waals surface area contributed by atoms with Crippen LogP contribution >= 0.6 is 11.6 Å². The van der Waals surface area contributed by atoms with E-state index in [0.717, 1.165) is 10.6 Å². The molecule has 0 unspecified atom stereocenters. The van der Waals surface area contributed by atoms with Gasteiger partial charge in [-0.3, -0.25) is 9.10 Å². The number of anilines is 2. The zero-order valence-corrected chi connectivity index (χ0v) is 13.5. The predicted molar refractivity (Wildman–Crippen MR) is 83.5 cm³/mol. The van der Waals surface area contributed by atoms with E-state index in [0.29, 0.717) is 5.76 Å². The Hall–Kier alpha value is -2.06. The van der Waals surface area contributed by atoms with Gasteiger partial charge in [-0.05, 0) is 19.1 Å². The first kappa shape index (κ1) is 16.3. The van der Waals surface area contributed by atoms with Gasteiger partial charge in [0.1, 0.15) is 12.3 Å². The van der Waals surface area contributed by atoms with Crippen LogP contribution in [0.15, 0.2) is 34.9 Å². The number of carbonyl (C=O) groups is 1. The van der Waals surface area contributed by atoms with E-state index >= 15 is 0 Å². The average molecular weight is 344 g/mol. The highest BCUT2D eigenvalue weighted by Gasteiger charge is 2.23. The standard InChI is InChI=1S/C13H14ClN3O4S/c1-9-7-12(16-21-9)15-13(18)8-17(22(2,19)20)11-6-4-3-5-10(11)14/h3-7H,8H2,1-2H3,(H,15,16,18). The van der Waals surface area contributed by atoms with Crippen molar-refractivity contribution in [1.29, 1.82) is 0 Å². The van der Waals surface area contributed by atoms with Crippen molar-refractivity contribution in [1.82, 2.24) is 5.16 Å². The van der Waals surface area contributed by atoms with E-state index in [1.54, 1.807) is 25.1 Å². The number of para-hydroxylation sites is 1. The second-order valence-electron chi connectivity index (χ2n) is 4.59. The van der Waals surface area contributed by atoms with Crippen LogP contribution in [0.3, 0.4) is 0 Å². The van der Waals surface area contributed by atoms with Crippen molar-refractivity contribution in [3.63, 3.8) is 0 Å². The summed E-state index contributed by atoms with van der Waals surface area (Å²) in [7, 11) is -3.68. The van der Waals surface area contributed by atoms with Crippen LogP contribution in [0.4, 0.5) is 11.5 Å². The molecule has 1 amide bonds. The zero-order chi connectivity index (χ0) is 16.3. The number of sulfonamides is 1. The van der Waals surface area contributed by atoms with Gasteiger partial charge >= 0.3 is 0 Å². The van der Waals surface area contributed by atoms with E-state index in [9.17, 15) is 13.2 Å². The zero-order valence-electron chi connectivity index (χ0n) is 11.9. The number of nitrogens with one attached hydrogen (secondary N) is 1. The van der Waals surface area contributed by atoms with Crippen molar-refractivity contribution < 1.29 is 17.7 Å². The lowest BCUT2D eigenvalue weighted by atomic mass is 10.3. The highest BCUT2D eigenvalue weighted by atomic mass is 35.5. The van der Waals surface area contributed by atoms with Crippen molar-refractivity contribution in [2.75, 3.05) is 22.4 Å². The Morgan fingerprint density at radius 1 is 1.41 bits per heavy atom. The number of carbonyl (C=O) groups excluding carboxylic acids is 1. The molecule has 0 radical (unpaired) electrons.